The molecular weight excluding hydrogens is 160 g/mol. The molecule has 1 rings (SSSR count). The number of nitrogens with zero attached hydrogens (tertiary/aromatic N) is 1. The van der Waals surface area contributed by atoms with E-state index in [1.165, 1.54) is 32.4 Å². The van der Waals surface area contributed by atoms with Gasteiger partial charge in [0.1, 0.15) is 0 Å². The SMILES string of the molecule is CC(C)CN(C)CCC1(CN)CC1. The van der Waals surface area contributed by atoms with Crippen molar-refractivity contribution < 1.29 is 0 Å². The maximum Gasteiger partial charge on any atom is 0.000134 e. The van der Waals surface area contributed by atoms with Gasteiger partial charge >= 0.3 is 0 Å². The molecule has 2 nitrogen and oxygen atoms in total. The van der Waals surface area contributed by atoms with Crippen LogP contribution in [0.4, 0.5) is 0 Å². The van der Waals surface area contributed by atoms with Gasteiger partial charge in [-0.2, -0.15) is 0 Å². The van der Waals surface area contributed by atoms with Gasteiger partial charge in [0.2, 0.25) is 0 Å². The fourth-order valence-electron chi connectivity index (χ4n) is 1.88. The molecule has 2 heteroatoms. The predicted molar refractivity (Wildman–Crippen MR) is 57.7 cm³/mol. The summed E-state index contributed by atoms with van der Waals surface area (Å²) in [6, 6.07) is 0. The summed E-state index contributed by atoms with van der Waals surface area (Å²) in [4.78, 5) is 2.43. The molecule has 0 heterocycles. The Morgan fingerprint density at radius 3 is 2.38 bits per heavy atom. The zero-order valence-electron chi connectivity index (χ0n) is 9.34. The third kappa shape index (κ3) is 3.65. The Morgan fingerprint density at radius 2 is 2.00 bits per heavy atom. The summed E-state index contributed by atoms with van der Waals surface area (Å²) in [5.74, 6) is 0.776. The average molecular weight is 184 g/mol. The van der Waals surface area contributed by atoms with Crippen LogP contribution in [0.3, 0.4) is 0 Å². The van der Waals surface area contributed by atoms with Crippen LogP contribution in [-0.2, 0) is 0 Å². The molecule has 0 radical (unpaired) electrons. The third-order valence-corrected chi connectivity index (χ3v) is 3.09. The second-order valence-corrected chi connectivity index (χ2v) is 5.11. The van der Waals surface area contributed by atoms with Crippen molar-refractivity contribution in [3.8, 4) is 0 Å². The van der Waals surface area contributed by atoms with E-state index in [1.54, 1.807) is 0 Å². The maximum absolute atomic E-state index is 5.74. The molecule has 0 aliphatic heterocycles. The van der Waals surface area contributed by atoms with E-state index in [2.05, 4.69) is 25.8 Å². The molecule has 1 saturated carbocycles. The van der Waals surface area contributed by atoms with E-state index in [0.29, 0.717) is 5.41 Å². The summed E-state index contributed by atoms with van der Waals surface area (Å²) in [6.45, 7) is 7.86. The Hall–Kier alpha value is -0.0800. The van der Waals surface area contributed by atoms with Crippen LogP contribution in [0, 0.1) is 11.3 Å². The van der Waals surface area contributed by atoms with Crippen LogP contribution in [-0.4, -0.2) is 31.6 Å². The highest BCUT2D eigenvalue weighted by Crippen LogP contribution is 2.47. The average Bonchev–Trinajstić information content (AvgIpc) is 2.80. The minimum atomic E-state index is 0.547. The van der Waals surface area contributed by atoms with E-state index in [4.69, 9.17) is 5.73 Å². The van der Waals surface area contributed by atoms with E-state index in [9.17, 15) is 0 Å². The molecule has 0 unspecified atom stereocenters. The zero-order chi connectivity index (χ0) is 9.90. The smallest absolute Gasteiger partial charge is 0.000134 e. The molecule has 2 N–H and O–H groups in total. The molecule has 1 aliphatic rings. The second kappa shape index (κ2) is 4.43. The summed E-state index contributed by atoms with van der Waals surface area (Å²) in [7, 11) is 2.21. The Labute approximate surface area is 82.5 Å². The molecule has 13 heavy (non-hydrogen) atoms. The normalized spacial score (nSPS) is 19.8. The fourth-order valence-corrected chi connectivity index (χ4v) is 1.88. The first-order chi connectivity index (χ1) is 6.08. The van der Waals surface area contributed by atoms with Crippen LogP contribution in [0.2, 0.25) is 0 Å². The molecule has 0 saturated heterocycles. The minimum absolute atomic E-state index is 0.547. The van der Waals surface area contributed by atoms with Gasteiger partial charge in [-0.05, 0) is 50.7 Å². The van der Waals surface area contributed by atoms with Gasteiger partial charge in [0.05, 0.1) is 0 Å². The first kappa shape index (κ1) is 11.0. The Kier molecular flexibility index (Phi) is 3.74. The first-order valence-electron chi connectivity index (χ1n) is 5.47. The van der Waals surface area contributed by atoms with Crippen molar-refractivity contribution in [2.75, 3.05) is 26.7 Å². The minimum Gasteiger partial charge on any atom is -0.330 e. The van der Waals surface area contributed by atoms with Crippen molar-refractivity contribution in [3.05, 3.63) is 0 Å². The molecule has 78 valence electrons. The van der Waals surface area contributed by atoms with Gasteiger partial charge in [-0.3, -0.25) is 0 Å². The van der Waals surface area contributed by atoms with Crippen LogP contribution in [0.5, 0.6) is 0 Å². The monoisotopic (exact) mass is 184 g/mol. The molecule has 0 aromatic heterocycles. The number of hydrogen-bond donors (Lipinski definition) is 1. The zero-order valence-corrected chi connectivity index (χ0v) is 9.34. The Bertz CT molecular complexity index is 150. The maximum atomic E-state index is 5.74. The van der Waals surface area contributed by atoms with Gasteiger partial charge in [-0.25, -0.2) is 0 Å². The van der Waals surface area contributed by atoms with Crippen LogP contribution in [0.15, 0.2) is 0 Å². The summed E-state index contributed by atoms with van der Waals surface area (Å²) >= 11 is 0. The van der Waals surface area contributed by atoms with Crippen molar-refractivity contribution in [1.29, 1.82) is 0 Å². The topological polar surface area (TPSA) is 29.3 Å². The standard InChI is InChI=1S/C11H24N2/c1-10(2)8-13(3)7-6-11(9-12)4-5-11/h10H,4-9,12H2,1-3H3. The van der Waals surface area contributed by atoms with Crippen LogP contribution in [0.1, 0.15) is 33.1 Å². The Balaban J connectivity index is 2.11. The highest BCUT2D eigenvalue weighted by atomic mass is 15.1. The van der Waals surface area contributed by atoms with Crippen molar-refractivity contribution in [1.82, 2.24) is 4.90 Å². The number of hydrogen-bond acceptors (Lipinski definition) is 2. The van der Waals surface area contributed by atoms with E-state index in [0.717, 1.165) is 12.5 Å². The van der Waals surface area contributed by atoms with E-state index < -0.39 is 0 Å². The first-order valence-corrected chi connectivity index (χ1v) is 5.47. The van der Waals surface area contributed by atoms with Crippen molar-refractivity contribution >= 4 is 0 Å². The molecule has 0 aromatic carbocycles. The molecule has 0 spiro atoms. The molecule has 0 bridgehead atoms. The third-order valence-electron chi connectivity index (χ3n) is 3.09. The summed E-state index contributed by atoms with van der Waals surface area (Å²) in [6.07, 6.45) is 4.02. The highest BCUT2D eigenvalue weighted by Gasteiger charge is 2.40. The van der Waals surface area contributed by atoms with Gasteiger partial charge in [0.25, 0.3) is 0 Å². The van der Waals surface area contributed by atoms with E-state index in [1.807, 2.05) is 0 Å². The van der Waals surface area contributed by atoms with E-state index >= 15 is 0 Å². The number of rotatable bonds is 6. The largest absolute Gasteiger partial charge is 0.330 e. The molecule has 0 amide bonds. The molecule has 1 fully saturated rings. The lowest BCUT2D eigenvalue weighted by Gasteiger charge is -2.21. The lowest BCUT2D eigenvalue weighted by molar-refractivity contribution is 0.266. The molecule has 0 aromatic rings. The summed E-state index contributed by atoms with van der Waals surface area (Å²) < 4.78 is 0. The van der Waals surface area contributed by atoms with Gasteiger partial charge in [0.15, 0.2) is 0 Å². The lowest BCUT2D eigenvalue weighted by Crippen LogP contribution is -2.28. The van der Waals surface area contributed by atoms with Crippen LogP contribution in [0.25, 0.3) is 0 Å². The number of nitrogens with two attached hydrogens (primary N) is 1. The fraction of sp³-hybridized carbons (Fsp3) is 1.00. The molecule has 0 atom stereocenters. The van der Waals surface area contributed by atoms with Crippen LogP contribution < -0.4 is 5.73 Å². The van der Waals surface area contributed by atoms with Crippen molar-refractivity contribution in [2.45, 2.75) is 33.1 Å². The molecular formula is C11H24N2. The van der Waals surface area contributed by atoms with Gasteiger partial charge in [0, 0.05) is 6.54 Å². The van der Waals surface area contributed by atoms with Gasteiger partial charge in [-0.1, -0.05) is 13.8 Å². The van der Waals surface area contributed by atoms with Crippen LogP contribution >= 0.6 is 0 Å². The second-order valence-electron chi connectivity index (χ2n) is 5.11. The van der Waals surface area contributed by atoms with Crippen molar-refractivity contribution in [2.24, 2.45) is 17.1 Å². The van der Waals surface area contributed by atoms with Gasteiger partial charge in [-0.15, -0.1) is 0 Å². The van der Waals surface area contributed by atoms with E-state index in [-0.39, 0.29) is 0 Å². The summed E-state index contributed by atoms with van der Waals surface area (Å²) in [5.41, 5.74) is 6.28. The molecule has 1 aliphatic carbocycles. The predicted octanol–water partition coefficient (Wildman–Crippen LogP) is 1.70. The summed E-state index contributed by atoms with van der Waals surface area (Å²) in [5, 5.41) is 0. The quantitative estimate of drug-likeness (QED) is 0.681. The van der Waals surface area contributed by atoms with Crippen molar-refractivity contribution in [3.63, 3.8) is 0 Å². The Morgan fingerprint density at radius 1 is 1.38 bits per heavy atom. The van der Waals surface area contributed by atoms with Gasteiger partial charge < -0.3 is 10.6 Å². The lowest BCUT2D eigenvalue weighted by atomic mass is 10.0. The highest BCUT2D eigenvalue weighted by molar-refractivity contribution is 4.94.